The number of nitrogens with zero attached hydrogens (tertiary/aromatic N) is 1. The summed E-state index contributed by atoms with van der Waals surface area (Å²) in [4.78, 5) is 4.04. The molecule has 0 radical (unpaired) electrons. The predicted molar refractivity (Wildman–Crippen MR) is 66.3 cm³/mol. The molecule has 94 valence electrons. The van der Waals surface area contributed by atoms with E-state index < -0.39 is 11.6 Å². The van der Waals surface area contributed by atoms with E-state index in [9.17, 15) is 8.78 Å². The summed E-state index contributed by atoms with van der Waals surface area (Å²) in [6, 6.07) is 7.28. The maximum absolute atomic E-state index is 13.5. The average Bonchev–Trinajstić information content (AvgIpc) is 2.35. The second-order valence-corrected chi connectivity index (χ2v) is 4.39. The average molecular weight is 315 g/mol. The number of hydrogen-bond donors (Lipinski definition) is 1. The molecule has 2 N–H and O–H groups in total. The van der Waals surface area contributed by atoms with Gasteiger partial charge in [0.1, 0.15) is 0 Å². The van der Waals surface area contributed by atoms with Crippen LogP contribution in [0.1, 0.15) is 5.69 Å². The lowest BCUT2D eigenvalue weighted by atomic mass is 10.3. The topological polar surface area (TPSA) is 48.1 Å². The standard InChI is InChI=1S/C12H9BrF2N2O/c13-7-4-9(14)12(15)10(5-7)18-11-3-1-2-8(6-16)17-11/h1-5H,6,16H2. The van der Waals surface area contributed by atoms with Gasteiger partial charge in [-0.15, -0.1) is 0 Å². The largest absolute Gasteiger partial charge is 0.436 e. The monoisotopic (exact) mass is 314 g/mol. The first-order valence-corrected chi connectivity index (χ1v) is 5.88. The van der Waals surface area contributed by atoms with E-state index in [1.807, 2.05) is 0 Å². The Hall–Kier alpha value is -1.53. The summed E-state index contributed by atoms with van der Waals surface area (Å²) >= 11 is 3.06. The Bertz CT molecular complexity index is 578. The van der Waals surface area contributed by atoms with Gasteiger partial charge in [0.05, 0.1) is 5.69 Å². The van der Waals surface area contributed by atoms with Crippen LogP contribution < -0.4 is 10.5 Å². The van der Waals surface area contributed by atoms with Crippen molar-refractivity contribution in [2.24, 2.45) is 5.73 Å². The Morgan fingerprint density at radius 3 is 2.78 bits per heavy atom. The number of aromatic nitrogens is 1. The van der Waals surface area contributed by atoms with Gasteiger partial charge in [-0.3, -0.25) is 0 Å². The Kier molecular flexibility index (Phi) is 3.88. The van der Waals surface area contributed by atoms with Crippen molar-refractivity contribution in [2.75, 3.05) is 0 Å². The molecule has 1 heterocycles. The van der Waals surface area contributed by atoms with Crippen molar-refractivity contribution in [1.82, 2.24) is 4.98 Å². The van der Waals surface area contributed by atoms with Crippen molar-refractivity contribution < 1.29 is 13.5 Å². The van der Waals surface area contributed by atoms with Crippen molar-refractivity contribution in [3.8, 4) is 11.6 Å². The minimum Gasteiger partial charge on any atom is -0.436 e. The SMILES string of the molecule is NCc1cccc(Oc2cc(Br)cc(F)c2F)n1. The molecule has 0 unspecified atom stereocenters. The molecule has 0 aliphatic rings. The van der Waals surface area contributed by atoms with Gasteiger partial charge in [-0.25, -0.2) is 9.37 Å². The van der Waals surface area contributed by atoms with Gasteiger partial charge in [-0.05, 0) is 18.2 Å². The third kappa shape index (κ3) is 2.83. The molecular weight excluding hydrogens is 306 g/mol. The summed E-state index contributed by atoms with van der Waals surface area (Å²) < 4.78 is 32.2. The zero-order valence-corrected chi connectivity index (χ0v) is 10.7. The number of ether oxygens (including phenoxy) is 1. The smallest absolute Gasteiger partial charge is 0.219 e. The summed E-state index contributed by atoms with van der Waals surface area (Å²) in [6.45, 7) is 0.243. The highest BCUT2D eigenvalue weighted by Gasteiger charge is 2.12. The van der Waals surface area contributed by atoms with Gasteiger partial charge in [-0.1, -0.05) is 22.0 Å². The number of nitrogens with two attached hydrogens (primary N) is 1. The third-order valence-electron chi connectivity index (χ3n) is 2.16. The molecule has 6 heteroatoms. The minimum atomic E-state index is -1.06. The number of hydrogen-bond acceptors (Lipinski definition) is 3. The Morgan fingerprint density at radius 2 is 2.06 bits per heavy atom. The van der Waals surface area contributed by atoms with Crippen molar-refractivity contribution in [3.63, 3.8) is 0 Å². The fourth-order valence-electron chi connectivity index (χ4n) is 1.35. The normalized spacial score (nSPS) is 10.4. The number of rotatable bonds is 3. The fraction of sp³-hybridized carbons (Fsp3) is 0.0833. The molecule has 0 fully saturated rings. The Morgan fingerprint density at radius 1 is 1.28 bits per heavy atom. The minimum absolute atomic E-state index is 0.161. The van der Waals surface area contributed by atoms with Gasteiger partial charge in [0, 0.05) is 17.1 Å². The van der Waals surface area contributed by atoms with Crippen molar-refractivity contribution in [2.45, 2.75) is 6.54 Å². The van der Waals surface area contributed by atoms with Gasteiger partial charge in [0.2, 0.25) is 11.7 Å². The molecule has 0 amide bonds. The molecule has 2 aromatic rings. The number of benzene rings is 1. The van der Waals surface area contributed by atoms with E-state index in [2.05, 4.69) is 20.9 Å². The summed E-state index contributed by atoms with van der Waals surface area (Å²) in [7, 11) is 0. The highest BCUT2D eigenvalue weighted by Crippen LogP contribution is 2.28. The second-order valence-electron chi connectivity index (χ2n) is 3.47. The summed E-state index contributed by atoms with van der Waals surface area (Å²) in [5.41, 5.74) is 6.03. The third-order valence-corrected chi connectivity index (χ3v) is 2.62. The van der Waals surface area contributed by atoms with Gasteiger partial charge < -0.3 is 10.5 Å². The first kappa shape index (κ1) is 12.9. The maximum Gasteiger partial charge on any atom is 0.219 e. The van der Waals surface area contributed by atoms with Crippen LogP contribution in [-0.4, -0.2) is 4.98 Å². The fourth-order valence-corrected chi connectivity index (χ4v) is 1.76. The zero-order valence-electron chi connectivity index (χ0n) is 9.16. The number of halogens is 3. The van der Waals surface area contributed by atoms with E-state index in [1.165, 1.54) is 12.1 Å². The Balaban J connectivity index is 2.33. The van der Waals surface area contributed by atoms with E-state index >= 15 is 0 Å². The van der Waals surface area contributed by atoms with Gasteiger partial charge in [0.25, 0.3) is 0 Å². The van der Waals surface area contributed by atoms with Crippen LogP contribution >= 0.6 is 15.9 Å². The summed E-state index contributed by atoms with van der Waals surface area (Å²) in [6.07, 6.45) is 0. The molecule has 0 atom stereocenters. The van der Waals surface area contributed by atoms with E-state index in [4.69, 9.17) is 10.5 Å². The molecule has 3 nitrogen and oxygen atoms in total. The summed E-state index contributed by atoms with van der Waals surface area (Å²) in [5, 5.41) is 0. The molecule has 0 aliphatic heterocycles. The maximum atomic E-state index is 13.5. The van der Waals surface area contributed by atoms with Crippen molar-refractivity contribution in [1.29, 1.82) is 0 Å². The lowest BCUT2D eigenvalue weighted by Gasteiger charge is -2.07. The molecule has 1 aromatic heterocycles. The predicted octanol–water partition coefficient (Wildman–Crippen LogP) is 3.37. The highest BCUT2D eigenvalue weighted by molar-refractivity contribution is 9.10. The van der Waals surface area contributed by atoms with Crippen molar-refractivity contribution >= 4 is 15.9 Å². The van der Waals surface area contributed by atoms with Crippen LogP contribution in [0.25, 0.3) is 0 Å². The van der Waals surface area contributed by atoms with Crippen LogP contribution in [0.5, 0.6) is 11.6 Å². The van der Waals surface area contributed by atoms with Gasteiger partial charge in [0.15, 0.2) is 11.6 Å². The van der Waals surface area contributed by atoms with Crippen LogP contribution in [0.3, 0.4) is 0 Å². The van der Waals surface area contributed by atoms with E-state index in [1.54, 1.807) is 12.1 Å². The van der Waals surface area contributed by atoms with Crippen LogP contribution in [-0.2, 0) is 6.54 Å². The Labute approximate surface area is 111 Å². The molecular formula is C12H9BrF2N2O. The lowest BCUT2D eigenvalue weighted by Crippen LogP contribution is -2.01. The first-order chi connectivity index (χ1) is 8.60. The van der Waals surface area contributed by atoms with Gasteiger partial charge in [-0.2, -0.15) is 4.39 Å². The highest BCUT2D eigenvalue weighted by atomic mass is 79.9. The van der Waals surface area contributed by atoms with Crippen LogP contribution in [0.15, 0.2) is 34.8 Å². The molecule has 0 aliphatic carbocycles. The van der Waals surface area contributed by atoms with Gasteiger partial charge >= 0.3 is 0 Å². The summed E-state index contributed by atoms with van der Waals surface area (Å²) in [5.74, 6) is -2.12. The van der Waals surface area contributed by atoms with Crippen LogP contribution in [0, 0.1) is 11.6 Å². The van der Waals surface area contributed by atoms with Crippen LogP contribution in [0.4, 0.5) is 8.78 Å². The van der Waals surface area contributed by atoms with Crippen molar-refractivity contribution in [3.05, 3.63) is 52.1 Å². The number of pyridine rings is 1. The molecule has 18 heavy (non-hydrogen) atoms. The second kappa shape index (κ2) is 5.41. The van der Waals surface area contributed by atoms with E-state index in [-0.39, 0.29) is 18.2 Å². The quantitative estimate of drug-likeness (QED) is 0.884. The van der Waals surface area contributed by atoms with Crippen LogP contribution in [0.2, 0.25) is 0 Å². The molecule has 2 rings (SSSR count). The van der Waals surface area contributed by atoms with E-state index in [0.29, 0.717) is 10.2 Å². The lowest BCUT2D eigenvalue weighted by molar-refractivity contribution is 0.404. The first-order valence-electron chi connectivity index (χ1n) is 5.08. The van der Waals surface area contributed by atoms with E-state index in [0.717, 1.165) is 6.07 Å². The molecule has 1 aromatic carbocycles. The molecule has 0 saturated carbocycles. The molecule has 0 bridgehead atoms. The molecule has 0 spiro atoms. The molecule has 0 saturated heterocycles. The zero-order chi connectivity index (χ0) is 13.1.